The van der Waals surface area contributed by atoms with Crippen molar-refractivity contribution in [2.75, 3.05) is 23.9 Å². The molecule has 11 heteroatoms. The Morgan fingerprint density at radius 2 is 1.79 bits per heavy atom. The lowest BCUT2D eigenvalue weighted by Gasteiger charge is -2.29. The molecule has 0 radical (unpaired) electrons. The summed E-state index contributed by atoms with van der Waals surface area (Å²) in [7, 11) is 1.42. The molecule has 1 aliphatic rings. The summed E-state index contributed by atoms with van der Waals surface area (Å²) in [6.07, 6.45) is 1.37. The molecule has 0 spiro atoms. The zero-order valence-electron chi connectivity index (χ0n) is 20.2. The maximum absolute atomic E-state index is 13.4. The Morgan fingerprint density at radius 3 is 2.45 bits per heavy atom. The van der Waals surface area contributed by atoms with Gasteiger partial charge in [-0.2, -0.15) is 0 Å². The Kier molecular flexibility index (Phi) is 8.18. The number of nitrogens with zero attached hydrogens (tertiary/aromatic N) is 1. The first-order valence-corrected chi connectivity index (χ1v) is 12.4. The number of anilines is 2. The highest BCUT2D eigenvalue weighted by molar-refractivity contribution is 9.10. The molecule has 1 heterocycles. The Bertz CT molecular complexity index is 1460. The Labute approximate surface area is 231 Å². The van der Waals surface area contributed by atoms with Crippen molar-refractivity contribution in [3.05, 3.63) is 87.7 Å². The van der Waals surface area contributed by atoms with Gasteiger partial charge in [-0.05, 0) is 79.3 Å². The highest BCUT2D eigenvalue weighted by Gasteiger charge is 2.34. The monoisotopic (exact) mass is 597 g/mol. The van der Waals surface area contributed by atoms with Crippen LogP contribution in [0, 0.1) is 12.7 Å². The van der Waals surface area contributed by atoms with Crippen LogP contribution in [-0.2, 0) is 14.4 Å². The van der Waals surface area contributed by atoms with Crippen molar-refractivity contribution in [3.8, 4) is 11.5 Å². The summed E-state index contributed by atoms with van der Waals surface area (Å²) < 4.78 is 24.9. The normalized spacial score (nSPS) is 14.4. The molecule has 0 atom stereocenters. The fourth-order valence-corrected chi connectivity index (χ4v) is 4.27. The molecule has 38 heavy (non-hydrogen) atoms. The number of halogens is 2. The third kappa shape index (κ3) is 6.06. The van der Waals surface area contributed by atoms with Gasteiger partial charge in [-0.25, -0.2) is 4.39 Å². The van der Waals surface area contributed by atoms with Crippen molar-refractivity contribution in [2.45, 2.75) is 6.92 Å². The molecule has 194 valence electrons. The third-order valence-electron chi connectivity index (χ3n) is 5.46. The maximum atomic E-state index is 13.4. The minimum Gasteiger partial charge on any atom is -0.493 e. The minimum atomic E-state index is -0.683. The largest absolute Gasteiger partial charge is 0.493 e. The van der Waals surface area contributed by atoms with E-state index in [4.69, 9.17) is 21.7 Å². The van der Waals surface area contributed by atoms with Crippen molar-refractivity contribution in [1.29, 1.82) is 0 Å². The van der Waals surface area contributed by atoms with E-state index in [9.17, 15) is 18.8 Å². The van der Waals surface area contributed by atoms with E-state index in [2.05, 4.69) is 26.6 Å². The molecule has 1 saturated heterocycles. The van der Waals surface area contributed by atoms with Crippen molar-refractivity contribution in [2.24, 2.45) is 0 Å². The van der Waals surface area contributed by atoms with Crippen molar-refractivity contribution in [1.82, 2.24) is 5.32 Å². The van der Waals surface area contributed by atoms with Gasteiger partial charge in [0.2, 0.25) is 0 Å². The van der Waals surface area contributed by atoms with Crippen LogP contribution >= 0.6 is 28.1 Å². The fraction of sp³-hybridized carbons (Fsp3) is 0.111. The molecule has 3 aromatic carbocycles. The summed E-state index contributed by atoms with van der Waals surface area (Å²) in [6, 6.07) is 15.6. The number of hydrogen-bond acceptors (Lipinski definition) is 6. The van der Waals surface area contributed by atoms with Crippen LogP contribution in [0.25, 0.3) is 6.08 Å². The van der Waals surface area contributed by atoms with E-state index >= 15 is 0 Å². The number of ether oxygens (including phenoxy) is 2. The highest BCUT2D eigenvalue weighted by atomic mass is 79.9. The molecular formula is C27H21BrFN3O5S. The molecule has 8 nitrogen and oxygen atoms in total. The second kappa shape index (κ2) is 11.5. The topological polar surface area (TPSA) is 97.0 Å². The van der Waals surface area contributed by atoms with Crippen LogP contribution in [0.3, 0.4) is 0 Å². The summed E-state index contributed by atoms with van der Waals surface area (Å²) in [6.45, 7) is 1.67. The van der Waals surface area contributed by atoms with Gasteiger partial charge >= 0.3 is 0 Å². The van der Waals surface area contributed by atoms with E-state index in [1.807, 2.05) is 19.1 Å². The van der Waals surface area contributed by atoms with E-state index in [1.165, 1.54) is 37.5 Å². The molecule has 1 fully saturated rings. The number of benzene rings is 3. The predicted molar refractivity (Wildman–Crippen MR) is 149 cm³/mol. The number of methoxy groups -OCH3 is 1. The van der Waals surface area contributed by atoms with Crippen molar-refractivity contribution in [3.63, 3.8) is 0 Å². The summed E-state index contributed by atoms with van der Waals surface area (Å²) in [4.78, 5) is 39.3. The first-order chi connectivity index (χ1) is 18.2. The second-order valence-corrected chi connectivity index (χ2v) is 9.40. The average molecular weight is 598 g/mol. The number of aryl methyl sites for hydroxylation is 1. The van der Waals surface area contributed by atoms with Crippen molar-refractivity contribution >= 4 is 68.4 Å². The molecular weight excluding hydrogens is 577 g/mol. The third-order valence-corrected chi connectivity index (χ3v) is 6.43. The minimum absolute atomic E-state index is 0.118. The number of amides is 3. The molecule has 0 aromatic heterocycles. The fourth-order valence-electron chi connectivity index (χ4n) is 3.55. The van der Waals surface area contributed by atoms with Crippen LogP contribution in [0.1, 0.15) is 11.1 Å². The molecule has 4 rings (SSSR count). The number of nitrogens with one attached hydrogen (secondary N) is 2. The number of hydrogen-bond donors (Lipinski definition) is 2. The number of carbonyl (C=O) groups excluding carboxylic acids is 3. The maximum Gasteiger partial charge on any atom is 0.270 e. The second-order valence-electron chi connectivity index (χ2n) is 8.16. The average Bonchev–Trinajstić information content (AvgIpc) is 2.88. The first kappa shape index (κ1) is 27.0. The van der Waals surface area contributed by atoms with Gasteiger partial charge in [0, 0.05) is 10.2 Å². The number of rotatable bonds is 7. The zero-order valence-corrected chi connectivity index (χ0v) is 22.6. The molecule has 1 aliphatic heterocycles. The standard InChI is InChI=1S/C27H21BrFN3O5S/c1-15-3-7-18(8-4-15)30-24(33)14-37-23-13-21(28)16(12-22(23)36-2)11-20-25(34)31-27(38)32(26(20)35)19-9-5-17(29)6-10-19/h3-13H,14H2,1-2H3,(H,30,33)(H,31,34,38)/b20-11-. The Morgan fingerprint density at radius 1 is 1.11 bits per heavy atom. The quantitative estimate of drug-likeness (QED) is 0.232. The Balaban J connectivity index is 1.55. The molecule has 0 aliphatic carbocycles. The van der Waals surface area contributed by atoms with E-state index in [0.717, 1.165) is 10.5 Å². The zero-order chi connectivity index (χ0) is 27.4. The van der Waals surface area contributed by atoms with Crippen LogP contribution < -0.4 is 25.0 Å². The van der Waals surface area contributed by atoms with Gasteiger partial charge in [0.05, 0.1) is 12.8 Å². The number of carbonyl (C=O) groups is 3. The summed E-state index contributed by atoms with van der Waals surface area (Å²) in [5, 5.41) is 5.11. The van der Waals surface area contributed by atoms with Crippen LogP contribution in [0.2, 0.25) is 0 Å². The Hall–Kier alpha value is -4.09. The summed E-state index contributed by atoms with van der Waals surface area (Å²) >= 11 is 8.59. The lowest BCUT2D eigenvalue weighted by atomic mass is 10.1. The van der Waals surface area contributed by atoms with Crippen LogP contribution in [0.4, 0.5) is 15.8 Å². The van der Waals surface area contributed by atoms with Crippen LogP contribution in [0.5, 0.6) is 11.5 Å². The highest BCUT2D eigenvalue weighted by Crippen LogP contribution is 2.35. The van der Waals surface area contributed by atoms with Gasteiger partial charge in [0.1, 0.15) is 11.4 Å². The van der Waals surface area contributed by atoms with E-state index in [-0.39, 0.29) is 34.7 Å². The van der Waals surface area contributed by atoms with Gasteiger partial charge in [-0.3, -0.25) is 24.6 Å². The van der Waals surface area contributed by atoms with Gasteiger partial charge in [-0.1, -0.05) is 33.6 Å². The van der Waals surface area contributed by atoms with Gasteiger partial charge in [0.25, 0.3) is 17.7 Å². The van der Waals surface area contributed by atoms with Crippen LogP contribution in [-0.4, -0.2) is 36.6 Å². The van der Waals surface area contributed by atoms with Crippen molar-refractivity contribution < 1.29 is 28.2 Å². The van der Waals surface area contributed by atoms with Gasteiger partial charge in [0.15, 0.2) is 23.2 Å². The molecule has 3 amide bonds. The smallest absolute Gasteiger partial charge is 0.270 e. The molecule has 2 N–H and O–H groups in total. The SMILES string of the molecule is COc1cc(/C=C2/C(=O)NC(=S)N(c3ccc(F)cc3)C2=O)c(Br)cc1OCC(=O)Nc1ccc(C)cc1. The van der Waals surface area contributed by atoms with Gasteiger partial charge in [-0.15, -0.1) is 0 Å². The molecule has 0 bridgehead atoms. The molecule has 0 unspecified atom stereocenters. The lowest BCUT2D eigenvalue weighted by molar-refractivity contribution is -0.122. The number of thiocarbonyl (C=S) groups is 1. The predicted octanol–water partition coefficient (Wildman–Crippen LogP) is 4.75. The molecule has 3 aromatic rings. The lowest BCUT2D eigenvalue weighted by Crippen LogP contribution is -2.54. The van der Waals surface area contributed by atoms with Gasteiger partial charge < -0.3 is 14.8 Å². The van der Waals surface area contributed by atoms with E-state index < -0.39 is 17.6 Å². The van der Waals surface area contributed by atoms with E-state index in [1.54, 1.807) is 24.3 Å². The van der Waals surface area contributed by atoms with Crippen LogP contribution in [0.15, 0.2) is 70.7 Å². The van der Waals surface area contributed by atoms with E-state index in [0.29, 0.717) is 21.4 Å². The first-order valence-electron chi connectivity index (χ1n) is 11.2. The summed E-state index contributed by atoms with van der Waals surface area (Å²) in [5.74, 6) is -1.65. The molecule has 0 saturated carbocycles. The summed E-state index contributed by atoms with van der Waals surface area (Å²) in [5.41, 5.74) is 2.25.